The molecule has 4 nitrogen and oxygen atoms in total. The maximum atomic E-state index is 13.1. The van der Waals surface area contributed by atoms with Crippen LogP contribution in [0.2, 0.25) is 0 Å². The third kappa shape index (κ3) is 3.69. The molecule has 2 aromatic carbocycles. The van der Waals surface area contributed by atoms with Gasteiger partial charge in [-0.2, -0.15) is 0 Å². The normalized spacial score (nSPS) is 17.0. The van der Waals surface area contributed by atoms with Crippen LogP contribution < -0.4 is 5.56 Å². The summed E-state index contributed by atoms with van der Waals surface area (Å²) in [6, 6.07) is 15.9. The molecule has 0 saturated carbocycles. The van der Waals surface area contributed by atoms with Gasteiger partial charge in [0.05, 0.1) is 23.6 Å². The molecule has 0 unspecified atom stereocenters. The molecule has 3 aromatic rings. The Morgan fingerprint density at radius 1 is 1.19 bits per heavy atom. The summed E-state index contributed by atoms with van der Waals surface area (Å²) in [4.78, 5) is 17.9. The van der Waals surface area contributed by atoms with E-state index in [0.29, 0.717) is 11.9 Å². The van der Waals surface area contributed by atoms with Crippen LogP contribution in [0.1, 0.15) is 24.0 Å². The van der Waals surface area contributed by atoms with Gasteiger partial charge in [0.15, 0.2) is 5.16 Å². The molecule has 0 bridgehead atoms. The molecule has 1 aromatic heterocycles. The van der Waals surface area contributed by atoms with Crippen molar-refractivity contribution in [1.29, 1.82) is 0 Å². The highest BCUT2D eigenvalue weighted by Crippen LogP contribution is 2.24. The number of hydrogen-bond acceptors (Lipinski definition) is 4. The number of hydrogen-bond donors (Lipinski definition) is 0. The highest BCUT2D eigenvalue weighted by Gasteiger charge is 2.18. The van der Waals surface area contributed by atoms with E-state index in [1.807, 2.05) is 24.3 Å². The number of fused-ring (bicyclic) bond motifs is 1. The van der Waals surface area contributed by atoms with E-state index in [1.165, 1.54) is 5.56 Å². The molecule has 0 N–H and O–H groups in total. The first-order valence-electron chi connectivity index (χ1n) is 9.00. The number of benzene rings is 2. The minimum Gasteiger partial charge on any atom is -0.377 e. The number of ether oxygens (including phenoxy) is 1. The average molecular weight is 366 g/mol. The highest BCUT2D eigenvalue weighted by molar-refractivity contribution is 7.99. The predicted molar refractivity (Wildman–Crippen MR) is 106 cm³/mol. The first-order valence-corrected chi connectivity index (χ1v) is 9.99. The molecule has 0 aliphatic carbocycles. The molecule has 4 rings (SSSR count). The quantitative estimate of drug-likeness (QED) is 0.505. The summed E-state index contributed by atoms with van der Waals surface area (Å²) in [5, 5.41) is 1.44. The van der Waals surface area contributed by atoms with Crippen LogP contribution in [0.3, 0.4) is 0 Å². The third-order valence-corrected chi connectivity index (χ3v) is 5.82. The van der Waals surface area contributed by atoms with E-state index in [9.17, 15) is 4.79 Å². The summed E-state index contributed by atoms with van der Waals surface area (Å²) in [6.07, 6.45) is 2.46. The van der Waals surface area contributed by atoms with E-state index in [1.54, 1.807) is 16.3 Å². The molecule has 134 valence electrons. The molecule has 1 aliphatic heterocycles. The molecule has 0 amide bonds. The Balaban J connectivity index is 1.71. The molecule has 5 heteroatoms. The standard InChI is InChI=1S/C21H22N2O2S/c1-15-8-10-16(11-9-15)13-23-20(24)18-6-2-3-7-19(18)22-21(23)26-14-17-5-4-12-25-17/h2-3,6-11,17H,4-5,12-14H2,1H3/t17-/m1/s1. The van der Waals surface area contributed by atoms with Gasteiger partial charge in [0.1, 0.15) is 0 Å². The number of rotatable bonds is 5. The van der Waals surface area contributed by atoms with Gasteiger partial charge in [0.2, 0.25) is 0 Å². The largest absolute Gasteiger partial charge is 0.377 e. The zero-order valence-electron chi connectivity index (χ0n) is 14.9. The SMILES string of the molecule is Cc1ccc(Cn2c(SC[C@H]3CCCO3)nc3ccccc3c2=O)cc1. The summed E-state index contributed by atoms with van der Waals surface area (Å²) in [5.74, 6) is 0.832. The topological polar surface area (TPSA) is 44.1 Å². The second-order valence-electron chi connectivity index (χ2n) is 6.73. The first kappa shape index (κ1) is 17.3. The van der Waals surface area contributed by atoms with Gasteiger partial charge in [-0.15, -0.1) is 0 Å². The van der Waals surface area contributed by atoms with Crippen molar-refractivity contribution < 1.29 is 4.74 Å². The van der Waals surface area contributed by atoms with E-state index in [4.69, 9.17) is 9.72 Å². The van der Waals surface area contributed by atoms with Crippen LogP contribution in [0, 0.1) is 6.92 Å². The van der Waals surface area contributed by atoms with Crippen LogP contribution >= 0.6 is 11.8 Å². The van der Waals surface area contributed by atoms with E-state index in [2.05, 4.69) is 31.2 Å². The van der Waals surface area contributed by atoms with E-state index in [-0.39, 0.29) is 11.7 Å². The second-order valence-corrected chi connectivity index (χ2v) is 7.72. The van der Waals surface area contributed by atoms with Crippen molar-refractivity contribution in [2.45, 2.75) is 37.6 Å². The molecule has 2 heterocycles. The van der Waals surface area contributed by atoms with Crippen LogP contribution in [0.5, 0.6) is 0 Å². The molecule has 0 radical (unpaired) electrons. The summed E-state index contributed by atoms with van der Waals surface area (Å²) >= 11 is 1.62. The molecule has 26 heavy (non-hydrogen) atoms. The van der Waals surface area contributed by atoms with Crippen molar-refractivity contribution in [3.63, 3.8) is 0 Å². The maximum absolute atomic E-state index is 13.1. The van der Waals surface area contributed by atoms with Gasteiger partial charge >= 0.3 is 0 Å². The fourth-order valence-corrected chi connectivity index (χ4v) is 4.28. The van der Waals surface area contributed by atoms with Crippen LogP contribution in [-0.2, 0) is 11.3 Å². The van der Waals surface area contributed by atoms with E-state index in [0.717, 1.165) is 41.4 Å². The Hall–Kier alpha value is -2.11. The zero-order chi connectivity index (χ0) is 17.9. The summed E-state index contributed by atoms with van der Waals surface area (Å²) in [6.45, 7) is 3.44. The molecular formula is C21H22N2O2S. The fourth-order valence-electron chi connectivity index (χ4n) is 3.22. The molecule has 1 aliphatic rings. The van der Waals surface area contributed by atoms with E-state index < -0.39 is 0 Å². The summed E-state index contributed by atoms with van der Waals surface area (Å²) < 4.78 is 7.53. The summed E-state index contributed by atoms with van der Waals surface area (Å²) in [5.41, 5.74) is 3.10. The van der Waals surface area contributed by atoms with Gasteiger partial charge in [-0.3, -0.25) is 9.36 Å². The second kappa shape index (κ2) is 7.64. The number of aromatic nitrogens is 2. The van der Waals surface area contributed by atoms with Crippen LogP contribution in [0.4, 0.5) is 0 Å². The minimum absolute atomic E-state index is 0.0195. The lowest BCUT2D eigenvalue weighted by atomic mass is 10.1. The lowest BCUT2D eigenvalue weighted by Crippen LogP contribution is -2.24. The van der Waals surface area contributed by atoms with Crippen molar-refractivity contribution in [3.05, 3.63) is 70.0 Å². The third-order valence-electron chi connectivity index (χ3n) is 4.71. The van der Waals surface area contributed by atoms with Gasteiger partial charge in [0, 0.05) is 12.4 Å². The van der Waals surface area contributed by atoms with Gasteiger partial charge in [-0.05, 0) is 37.5 Å². The minimum atomic E-state index is 0.0195. The lowest BCUT2D eigenvalue weighted by molar-refractivity contribution is 0.129. The number of aryl methyl sites for hydroxylation is 1. The van der Waals surface area contributed by atoms with Crippen LogP contribution in [0.25, 0.3) is 10.9 Å². The Kier molecular flexibility index (Phi) is 5.09. The zero-order valence-corrected chi connectivity index (χ0v) is 15.7. The Labute approximate surface area is 157 Å². The van der Waals surface area contributed by atoms with Gasteiger partial charge in [-0.25, -0.2) is 4.98 Å². The van der Waals surface area contributed by atoms with Gasteiger partial charge in [0.25, 0.3) is 5.56 Å². The Bertz CT molecular complexity index is 960. The maximum Gasteiger partial charge on any atom is 0.262 e. The van der Waals surface area contributed by atoms with Crippen molar-refractivity contribution in [1.82, 2.24) is 9.55 Å². The lowest BCUT2D eigenvalue weighted by Gasteiger charge is -2.15. The van der Waals surface area contributed by atoms with Crippen molar-refractivity contribution in [2.75, 3.05) is 12.4 Å². The molecule has 1 atom stereocenters. The molecule has 1 fully saturated rings. The smallest absolute Gasteiger partial charge is 0.262 e. The number of nitrogens with zero attached hydrogens (tertiary/aromatic N) is 2. The highest BCUT2D eigenvalue weighted by atomic mass is 32.2. The van der Waals surface area contributed by atoms with Gasteiger partial charge in [-0.1, -0.05) is 53.7 Å². The number of thioether (sulfide) groups is 1. The summed E-state index contributed by atoms with van der Waals surface area (Å²) in [7, 11) is 0. The Morgan fingerprint density at radius 2 is 2.00 bits per heavy atom. The Morgan fingerprint density at radius 3 is 2.77 bits per heavy atom. The van der Waals surface area contributed by atoms with Gasteiger partial charge < -0.3 is 4.74 Å². The van der Waals surface area contributed by atoms with Crippen molar-refractivity contribution in [2.24, 2.45) is 0 Å². The molecule has 1 saturated heterocycles. The van der Waals surface area contributed by atoms with E-state index >= 15 is 0 Å². The molecular weight excluding hydrogens is 344 g/mol. The fraction of sp³-hybridized carbons (Fsp3) is 0.333. The average Bonchev–Trinajstić information content (AvgIpc) is 3.18. The molecule has 0 spiro atoms. The van der Waals surface area contributed by atoms with Crippen LogP contribution in [0.15, 0.2) is 58.5 Å². The van der Waals surface area contributed by atoms with Crippen molar-refractivity contribution >= 4 is 22.7 Å². The predicted octanol–water partition coefficient (Wildman–Crippen LogP) is 4.02. The first-order chi connectivity index (χ1) is 12.7. The monoisotopic (exact) mass is 366 g/mol. The van der Waals surface area contributed by atoms with Crippen molar-refractivity contribution in [3.8, 4) is 0 Å². The van der Waals surface area contributed by atoms with Crippen LogP contribution in [-0.4, -0.2) is 28.0 Å². The number of para-hydroxylation sites is 1.